The van der Waals surface area contributed by atoms with Crippen molar-refractivity contribution >= 4 is 49.6 Å². The van der Waals surface area contributed by atoms with Gasteiger partial charge in [0, 0.05) is 33.5 Å². The first-order valence-electron chi connectivity index (χ1n) is 14.5. The summed E-state index contributed by atoms with van der Waals surface area (Å²) in [6.07, 6.45) is 0. The molecule has 0 aliphatic heterocycles. The second kappa shape index (κ2) is 8.95. The predicted octanol–water partition coefficient (Wildman–Crippen LogP) is 11.1. The van der Waals surface area contributed by atoms with Crippen molar-refractivity contribution in [1.29, 1.82) is 0 Å². The summed E-state index contributed by atoms with van der Waals surface area (Å²) in [5.41, 5.74) is 12.2. The summed E-state index contributed by atoms with van der Waals surface area (Å²) in [4.78, 5) is 2.35. The molecule has 8 aromatic rings. The highest BCUT2D eigenvalue weighted by molar-refractivity contribution is 6.30. The van der Waals surface area contributed by atoms with E-state index in [1.54, 1.807) is 0 Å². The molecule has 0 radical (unpaired) electrons. The molecule has 42 heavy (non-hydrogen) atoms. The molecule has 196 valence electrons. The van der Waals surface area contributed by atoms with Crippen molar-refractivity contribution in [2.24, 2.45) is 0 Å². The molecule has 0 amide bonds. The Morgan fingerprint density at radius 1 is 0.357 bits per heavy atom. The number of fused-ring (bicyclic) bond motifs is 3. The SMILES string of the molecule is c1ccc(N(c2ccccc2)c2ccc3c(c2)-c2cccc4c2c2c5c-3cccc5ccc2n4-c2ccccc2)cc1. The molecule has 0 spiro atoms. The van der Waals surface area contributed by atoms with Crippen LogP contribution >= 0.6 is 0 Å². The third-order valence-corrected chi connectivity index (χ3v) is 8.68. The summed E-state index contributed by atoms with van der Waals surface area (Å²) in [6.45, 7) is 0. The Balaban J connectivity index is 1.40. The van der Waals surface area contributed by atoms with E-state index in [1.165, 1.54) is 60.5 Å². The topological polar surface area (TPSA) is 8.17 Å². The van der Waals surface area contributed by atoms with Crippen LogP contribution in [0.2, 0.25) is 0 Å². The highest BCUT2D eigenvalue weighted by Gasteiger charge is 2.25. The molecular formula is C40H26N2. The smallest absolute Gasteiger partial charge is 0.0547 e. The molecule has 0 unspecified atom stereocenters. The van der Waals surface area contributed by atoms with E-state index in [2.05, 4.69) is 167 Å². The third kappa shape index (κ3) is 3.27. The van der Waals surface area contributed by atoms with Crippen molar-refractivity contribution < 1.29 is 0 Å². The summed E-state index contributed by atoms with van der Waals surface area (Å²) < 4.78 is 2.43. The lowest BCUT2D eigenvalue weighted by atomic mass is 9.92. The van der Waals surface area contributed by atoms with Crippen molar-refractivity contribution in [3.63, 3.8) is 0 Å². The Labute approximate surface area is 244 Å². The second-order valence-electron chi connectivity index (χ2n) is 11.0. The highest BCUT2D eigenvalue weighted by Crippen LogP contribution is 2.51. The summed E-state index contributed by atoms with van der Waals surface area (Å²) in [6, 6.07) is 57.1. The van der Waals surface area contributed by atoms with Crippen molar-refractivity contribution in [3.8, 4) is 27.9 Å². The van der Waals surface area contributed by atoms with Crippen LogP contribution in [-0.2, 0) is 0 Å². The zero-order valence-electron chi connectivity index (χ0n) is 22.9. The van der Waals surface area contributed by atoms with Crippen LogP contribution in [0.5, 0.6) is 0 Å². The Morgan fingerprint density at radius 2 is 0.976 bits per heavy atom. The molecule has 0 atom stereocenters. The van der Waals surface area contributed by atoms with E-state index in [0.29, 0.717) is 0 Å². The van der Waals surface area contributed by atoms with Crippen molar-refractivity contribution in [3.05, 3.63) is 158 Å². The van der Waals surface area contributed by atoms with Crippen LogP contribution in [0.3, 0.4) is 0 Å². The van der Waals surface area contributed by atoms with Gasteiger partial charge in [-0.1, -0.05) is 97.1 Å². The monoisotopic (exact) mass is 534 g/mol. The van der Waals surface area contributed by atoms with Gasteiger partial charge in [0.15, 0.2) is 0 Å². The minimum absolute atomic E-state index is 1.14. The van der Waals surface area contributed by atoms with Gasteiger partial charge in [0.2, 0.25) is 0 Å². The van der Waals surface area contributed by atoms with E-state index < -0.39 is 0 Å². The van der Waals surface area contributed by atoms with Crippen LogP contribution in [-0.4, -0.2) is 4.57 Å². The van der Waals surface area contributed by atoms with Gasteiger partial charge in [-0.3, -0.25) is 0 Å². The average molecular weight is 535 g/mol. The zero-order valence-corrected chi connectivity index (χ0v) is 22.9. The second-order valence-corrected chi connectivity index (χ2v) is 11.0. The third-order valence-electron chi connectivity index (χ3n) is 8.68. The molecular weight excluding hydrogens is 508 g/mol. The average Bonchev–Trinajstić information content (AvgIpc) is 3.34. The zero-order chi connectivity index (χ0) is 27.6. The number of benzene rings is 7. The molecule has 9 rings (SSSR count). The summed E-state index contributed by atoms with van der Waals surface area (Å²) in [7, 11) is 0. The number of aromatic nitrogens is 1. The van der Waals surface area contributed by atoms with Gasteiger partial charge in [-0.2, -0.15) is 0 Å². The first-order valence-corrected chi connectivity index (χ1v) is 14.5. The maximum atomic E-state index is 2.43. The standard InChI is InChI=1S/C40H26N2/c1-4-13-28(14-5-1)41(29-15-6-2-7-16-29)31-23-24-32-33-19-10-12-27-22-25-37-40(38(27)33)39-34(35(32)26-31)20-11-21-36(39)42(37)30-17-8-3-9-18-30/h1-26H. The lowest BCUT2D eigenvalue weighted by molar-refractivity contribution is 1.18. The molecule has 1 heterocycles. The molecule has 0 bridgehead atoms. The number of para-hydroxylation sites is 3. The predicted molar refractivity (Wildman–Crippen MR) is 177 cm³/mol. The first-order chi connectivity index (χ1) is 20.9. The Kier molecular flexibility index (Phi) is 4.93. The molecule has 1 aliphatic rings. The maximum Gasteiger partial charge on any atom is 0.0547 e. The molecule has 0 saturated heterocycles. The molecule has 2 nitrogen and oxygen atoms in total. The molecule has 0 saturated carbocycles. The van der Waals surface area contributed by atoms with Crippen LogP contribution in [0, 0.1) is 0 Å². The molecule has 7 aromatic carbocycles. The largest absolute Gasteiger partial charge is 0.310 e. The molecule has 2 heteroatoms. The Morgan fingerprint density at radius 3 is 1.69 bits per heavy atom. The number of rotatable bonds is 4. The van der Waals surface area contributed by atoms with Crippen LogP contribution in [0.25, 0.3) is 60.5 Å². The summed E-state index contributed by atoms with van der Waals surface area (Å²) in [5.74, 6) is 0. The number of nitrogens with zero attached hydrogens (tertiary/aromatic N) is 2. The Bertz CT molecular complexity index is 2240. The first kappa shape index (κ1) is 23.1. The molecule has 0 fully saturated rings. The fraction of sp³-hybridized carbons (Fsp3) is 0. The van der Waals surface area contributed by atoms with Gasteiger partial charge in [0.05, 0.1) is 11.0 Å². The van der Waals surface area contributed by atoms with E-state index in [1.807, 2.05) is 0 Å². The van der Waals surface area contributed by atoms with E-state index in [9.17, 15) is 0 Å². The minimum atomic E-state index is 1.14. The summed E-state index contributed by atoms with van der Waals surface area (Å²) >= 11 is 0. The molecule has 0 N–H and O–H groups in total. The fourth-order valence-corrected chi connectivity index (χ4v) is 6.96. The van der Waals surface area contributed by atoms with Gasteiger partial charge in [0.1, 0.15) is 0 Å². The van der Waals surface area contributed by atoms with Crippen LogP contribution in [0.15, 0.2) is 158 Å². The van der Waals surface area contributed by atoms with Crippen LogP contribution in [0.4, 0.5) is 17.1 Å². The van der Waals surface area contributed by atoms with Gasteiger partial charge in [-0.15, -0.1) is 0 Å². The molecule has 1 aromatic heterocycles. The highest BCUT2D eigenvalue weighted by atomic mass is 15.1. The van der Waals surface area contributed by atoms with Gasteiger partial charge in [0.25, 0.3) is 0 Å². The fourth-order valence-electron chi connectivity index (χ4n) is 6.96. The number of hydrogen-bond donors (Lipinski definition) is 0. The normalized spacial score (nSPS) is 11.8. The maximum absolute atomic E-state index is 2.43. The number of anilines is 3. The quantitative estimate of drug-likeness (QED) is 0.218. The van der Waals surface area contributed by atoms with Crippen molar-refractivity contribution in [2.45, 2.75) is 0 Å². The van der Waals surface area contributed by atoms with E-state index >= 15 is 0 Å². The lowest BCUT2D eigenvalue weighted by Gasteiger charge is -2.26. The van der Waals surface area contributed by atoms with Gasteiger partial charge < -0.3 is 9.47 Å². The van der Waals surface area contributed by atoms with Crippen molar-refractivity contribution in [2.75, 3.05) is 4.90 Å². The van der Waals surface area contributed by atoms with Gasteiger partial charge >= 0.3 is 0 Å². The Hall–Kier alpha value is -5.60. The van der Waals surface area contributed by atoms with Crippen LogP contribution in [0.1, 0.15) is 0 Å². The van der Waals surface area contributed by atoms with Crippen molar-refractivity contribution in [1.82, 2.24) is 4.57 Å². The minimum Gasteiger partial charge on any atom is -0.310 e. The summed E-state index contributed by atoms with van der Waals surface area (Å²) in [5, 5.41) is 5.25. The van der Waals surface area contributed by atoms with Gasteiger partial charge in [-0.05, 0) is 93.7 Å². The lowest BCUT2D eigenvalue weighted by Crippen LogP contribution is -2.10. The van der Waals surface area contributed by atoms with Gasteiger partial charge in [-0.25, -0.2) is 0 Å². The van der Waals surface area contributed by atoms with E-state index in [4.69, 9.17) is 0 Å². The van der Waals surface area contributed by atoms with E-state index in [0.717, 1.165) is 17.1 Å². The van der Waals surface area contributed by atoms with E-state index in [-0.39, 0.29) is 0 Å². The molecule has 1 aliphatic carbocycles. The number of hydrogen-bond acceptors (Lipinski definition) is 1. The van der Waals surface area contributed by atoms with Crippen LogP contribution < -0.4 is 4.90 Å².